The third-order valence-electron chi connectivity index (χ3n) is 4.53. The zero-order valence-corrected chi connectivity index (χ0v) is 12.5. The number of carboxylic acid groups (broad SMARTS) is 1. The van der Waals surface area contributed by atoms with Crippen molar-refractivity contribution >= 4 is 33.5 Å². The molecule has 4 atom stereocenters. The normalized spacial score (nSPS) is 36.3. The van der Waals surface area contributed by atoms with E-state index in [2.05, 4.69) is 15.9 Å². The van der Waals surface area contributed by atoms with E-state index >= 15 is 0 Å². The van der Waals surface area contributed by atoms with E-state index in [1.165, 1.54) is 0 Å². The van der Waals surface area contributed by atoms with Crippen LogP contribution in [0.5, 0.6) is 0 Å². The molecule has 1 spiro atoms. The standard InChI is InChI=1S/C15H12BrNO4/c16-8-3-1-2-4-9(8)17-7-15-6-5-10(21-15)11(14(19)20)12(15)13(17)18/h1-6,10-12H,7H2,(H,19,20)/t10-,11-,12-,15+/m0/s1. The molecule has 1 aromatic rings. The number of anilines is 1. The summed E-state index contributed by atoms with van der Waals surface area (Å²) < 4.78 is 6.66. The highest BCUT2D eigenvalue weighted by atomic mass is 79.9. The van der Waals surface area contributed by atoms with Crippen LogP contribution < -0.4 is 4.90 Å². The van der Waals surface area contributed by atoms with Crippen molar-refractivity contribution < 1.29 is 19.4 Å². The second-order valence-electron chi connectivity index (χ2n) is 5.61. The summed E-state index contributed by atoms with van der Waals surface area (Å²) in [6, 6.07) is 7.42. The van der Waals surface area contributed by atoms with Crippen molar-refractivity contribution in [3.05, 3.63) is 40.9 Å². The van der Waals surface area contributed by atoms with E-state index in [1.807, 2.05) is 30.3 Å². The number of nitrogens with zero attached hydrogens (tertiary/aromatic N) is 1. The second-order valence-corrected chi connectivity index (χ2v) is 6.47. The van der Waals surface area contributed by atoms with Gasteiger partial charge in [-0.25, -0.2) is 0 Å². The lowest BCUT2D eigenvalue weighted by Crippen LogP contribution is -2.39. The molecule has 3 aliphatic heterocycles. The molecule has 1 N–H and O–H groups in total. The fourth-order valence-electron chi connectivity index (χ4n) is 3.65. The summed E-state index contributed by atoms with van der Waals surface area (Å²) in [6.07, 6.45) is 3.14. The molecule has 0 saturated carbocycles. The predicted octanol–water partition coefficient (Wildman–Crippen LogP) is 1.82. The average molecular weight is 350 g/mol. The van der Waals surface area contributed by atoms with Gasteiger partial charge in [-0.15, -0.1) is 0 Å². The van der Waals surface area contributed by atoms with Crippen LogP contribution in [0.25, 0.3) is 0 Å². The highest BCUT2D eigenvalue weighted by molar-refractivity contribution is 9.10. The van der Waals surface area contributed by atoms with Crippen LogP contribution in [0, 0.1) is 11.8 Å². The van der Waals surface area contributed by atoms with Crippen LogP contribution in [0.2, 0.25) is 0 Å². The molecule has 4 rings (SSSR count). The quantitative estimate of drug-likeness (QED) is 0.827. The van der Waals surface area contributed by atoms with Crippen LogP contribution in [-0.2, 0) is 14.3 Å². The Kier molecular flexibility index (Phi) is 2.59. The van der Waals surface area contributed by atoms with Gasteiger partial charge in [-0.2, -0.15) is 0 Å². The van der Waals surface area contributed by atoms with Crippen LogP contribution in [0.4, 0.5) is 5.69 Å². The lowest BCUT2D eigenvalue weighted by Gasteiger charge is -2.22. The second kappa shape index (κ2) is 4.18. The molecule has 0 radical (unpaired) electrons. The molecule has 108 valence electrons. The lowest BCUT2D eigenvalue weighted by molar-refractivity contribution is -0.146. The summed E-state index contributed by atoms with van der Waals surface area (Å²) in [5.41, 5.74) is -0.0454. The van der Waals surface area contributed by atoms with E-state index in [0.29, 0.717) is 6.54 Å². The Hall–Kier alpha value is -1.66. The van der Waals surface area contributed by atoms with Crippen molar-refractivity contribution in [2.75, 3.05) is 11.4 Å². The van der Waals surface area contributed by atoms with E-state index < -0.39 is 29.5 Å². The number of hydrogen-bond donors (Lipinski definition) is 1. The van der Waals surface area contributed by atoms with Crippen LogP contribution in [0.3, 0.4) is 0 Å². The molecule has 0 aliphatic carbocycles. The van der Waals surface area contributed by atoms with Crippen molar-refractivity contribution in [1.82, 2.24) is 0 Å². The average Bonchev–Trinajstić information content (AvgIpc) is 3.08. The van der Waals surface area contributed by atoms with Crippen LogP contribution in [-0.4, -0.2) is 35.2 Å². The van der Waals surface area contributed by atoms with Gasteiger partial charge < -0.3 is 14.7 Å². The molecule has 1 amide bonds. The molecule has 0 unspecified atom stereocenters. The summed E-state index contributed by atoms with van der Waals surface area (Å²) in [5, 5.41) is 9.41. The monoisotopic (exact) mass is 349 g/mol. The third kappa shape index (κ3) is 1.60. The number of aliphatic carboxylic acids is 1. The molecular weight excluding hydrogens is 338 g/mol. The molecule has 2 bridgehead atoms. The van der Waals surface area contributed by atoms with Crippen molar-refractivity contribution in [3.8, 4) is 0 Å². The van der Waals surface area contributed by atoms with Gasteiger partial charge in [0.05, 0.1) is 24.3 Å². The Morgan fingerprint density at radius 2 is 2.19 bits per heavy atom. The molecule has 21 heavy (non-hydrogen) atoms. The number of halogens is 1. The molecule has 0 aromatic heterocycles. The number of ether oxygens (including phenoxy) is 1. The molecule has 1 aromatic carbocycles. The van der Waals surface area contributed by atoms with Gasteiger partial charge in [0.25, 0.3) is 0 Å². The number of fused-ring (bicyclic) bond motifs is 1. The fraction of sp³-hybridized carbons (Fsp3) is 0.333. The van der Waals surface area contributed by atoms with Gasteiger partial charge in [-0.3, -0.25) is 9.59 Å². The minimum Gasteiger partial charge on any atom is -0.481 e. The number of hydrogen-bond acceptors (Lipinski definition) is 3. The fourth-order valence-corrected chi connectivity index (χ4v) is 4.15. The van der Waals surface area contributed by atoms with E-state index in [4.69, 9.17) is 4.74 Å². The summed E-state index contributed by atoms with van der Waals surface area (Å²) in [4.78, 5) is 25.9. The van der Waals surface area contributed by atoms with Crippen molar-refractivity contribution in [1.29, 1.82) is 0 Å². The summed E-state index contributed by atoms with van der Waals surface area (Å²) in [7, 11) is 0. The van der Waals surface area contributed by atoms with E-state index in [-0.39, 0.29) is 5.91 Å². The molecule has 3 heterocycles. The van der Waals surface area contributed by atoms with Crippen LogP contribution in [0.15, 0.2) is 40.9 Å². The third-order valence-corrected chi connectivity index (χ3v) is 5.20. The molecule has 5 nitrogen and oxygen atoms in total. The molecule has 3 aliphatic rings. The Morgan fingerprint density at radius 1 is 1.43 bits per heavy atom. The molecule has 2 saturated heterocycles. The Bertz CT molecular complexity index is 688. The largest absolute Gasteiger partial charge is 0.481 e. The van der Waals surface area contributed by atoms with Gasteiger partial charge in [0.2, 0.25) is 5.91 Å². The topological polar surface area (TPSA) is 66.8 Å². The van der Waals surface area contributed by atoms with Crippen LogP contribution >= 0.6 is 15.9 Å². The first-order valence-corrected chi connectivity index (χ1v) is 7.49. The number of carbonyl (C=O) groups is 2. The van der Waals surface area contributed by atoms with Gasteiger partial charge in [0.15, 0.2) is 0 Å². The van der Waals surface area contributed by atoms with Gasteiger partial charge in [0.1, 0.15) is 11.5 Å². The van der Waals surface area contributed by atoms with Crippen molar-refractivity contribution in [2.45, 2.75) is 11.7 Å². The zero-order chi connectivity index (χ0) is 14.8. The summed E-state index contributed by atoms with van der Waals surface area (Å²) in [6.45, 7) is 0.357. The number of carboxylic acids is 1. The number of rotatable bonds is 2. The lowest BCUT2D eigenvalue weighted by atomic mass is 9.77. The maximum absolute atomic E-state index is 12.8. The van der Waals surface area contributed by atoms with Gasteiger partial charge in [0, 0.05) is 4.47 Å². The maximum Gasteiger partial charge on any atom is 0.310 e. The van der Waals surface area contributed by atoms with Crippen LogP contribution in [0.1, 0.15) is 0 Å². The molecule has 6 heteroatoms. The first-order valence-electron chi connectivity index (χ1n) is 6.69. The van der Waals surface area contributed by atoms with E-state index in [0.717, 1.165) is 10.2 Å². The highest BCUT2D eigenvalue weighted by Crippen LogP contribution is 2.53. The van der Waals surface area contributed by atoms with E-state index in [9.17, 15) is 14.7 Å². The first-order chi connectivity index (χ1) is 10.0. The van der Waals surface area contributed by atoms with Gasteiger partial charge >= 0.3 is 5.97 Å². The van der Waals surface area contributed by atoms with Crippen molar-refractivity contribution in [3.63, 3.8) is 0 Å². The number of benzene rings is 1. The minimum absolute atomic E-state index is 0.179. The van der Waals surface area contributed by atoms with Gasteiger partial charge in [-0.05, 0) is 28.1 Å². The zero-order valence-electron chi connectivity index (χ0n) is 10.9. The number of amides is 1. The van der Waals surface area contributed by atoms with Gasteiger partial charge in [-0.1, -0.05) is 24.3 Å². The summed E-state index contributed by atoms with van der Waals surface area (Å²) in [5.74, 6) is -2.59. The number of carbonyl (C=O) groups excluding carboxylic acids is 1. The molecular formula is C15H12BrNO4. The Morgan fingerprint density at radius 3 is 2.90 bits per heavy atom. The summed E-state index contributed by atoms with van der Waals surface area (Å²) >= 11 is 3.44. The highest BCUT2D eigenvalue weighted by Gasteiger charge is 2.67. The SMILES string of the molecule is O=C(O)[C@H]1[C@@H]2C=C[C@]3(CN(c4ccccc4Br)C(=O)[C@H]13)O2. The Balaban J connectivity index is 1.78. The maximum atomic E-state index is 12.8. The smallest absolute Gasteiger partial charge is 0.310 e. The first kappa shape index (κ1) is 13.0. The molecule has 2 fully saturated rings. The minimum atomic E-state index is -0.974. The Labute approximate surface area is 129 Å². The van der Waals surface area contributed by atoms with Crippen molar-refractivity contribution in [2.24, 2.45) is 11.8 Å². The number of para-hydroxylation sites is 1. The van der Waals surface area contributed by atoms with E-state index in [1.54, 1.807) is 11.0 Å². The predicted molar refractivity (Wildman–Crippen MR) is 77.9 cm³/mol.